The van der Waals surface area contributed by atoms with E-state index in [1.807, 2.05) is 6.92 Å². The smallest absolute Gasteiger partial charge is 0.201 e. The third-order valence-corrected chi connectivity index (χ3v) is 8.10. The van der Waals surface area contributed by atoms with Crippen molar-refractivity contribution in [1.82, 2.24) is 0 Å². The topological polar surface area (TPSA) is 9.23 Å². The van der Waals surface area contributed by atoms with Crippen LogP contribution in [0, 0.1) is 29.2 Å². The van der Waals surface area contributed by atoms with E-state index >= 15 is 8.78 Å². The lowest BCUT2D eigenvalue weighted by Crippen LogP contribution is -2.13. The second kappa shape index (κ2) is 14.5. The van der Waals surface area contributed by atoms with Crippen molar-refractivity contribution in [2.75, 3.05) is 6.61 Å². The van der Waals surface area contributed by atoms with Crippen molar-refractivity contribution in [2.45, 2.75) is 84.0 Å². The van der Waals surface area contributed by atoms with Gasteiger partial charge in [0, 0.05) is 11.1 Å². The summed E-state index contributed by atoms with van der Waals surface area (Å²) in [4.78, 5) is 0. The summed E-state index contributed by atoms with van der Waals surface area (Å²) in [6.07, 6.45) is 14.3. The maximum atomic E-state index is 15.2. The Morgan fingerprint density at radius 2 is 1.25 bits per heavy atom. The van der Waals surface area contributed by atoms with Crippen molar-refractivity contribution in [1.29, 1.82) is 0 Å². The molecule has 3 aromatic carbocycles. The summed E-state index contributed by atoms with van der Waals surface area (Å²) in [5, 5.41) is 0. The van der Waals surface area contributed by atoms with E-state index in [-0.39, 0.29) is 22.8 Å². The van der Waals surface area contributed by atoms with Gasteiger partial charge in [-0.25, -0.2) is 13.2 Å². The van der Waals surface area contributed by atoms with Crippen LogP contribution >= 0.6 is 0 Å². The summed E-state index contributed by atoms with van der Waals surface area (Å²) in [6, 6.07) is 12.7. The molecule has 0 saturated heterocycles. The molecule has 1 fully saturated rings. The van der Waals surface area contributed by atoms with E-state index in [2.05, 4.69) is 19.1 Å². The Kier molecular flexibility index (Phi) is 10.9. The van der Waals surface area contributed by atoms with Gasteiger partial charge in [0.2, 0.25) is 5.82 Å². The molecule has 0 spiro atoms. The SMILES string of the molecule is C/C=C/C1CCC(c2ccc(-c3ccc(-c4ccc(OCCCCCCCC)c(F)c4F)cc3)c(F)c2F)CC1. The highest BCUT2D eigenvalue weighted by atomic mass is 19.2. The fourth-order valence-corrected chi connectivity index (χ4v) is 5.76. The van der Waals surface area contributed by atoms with Crippen LogP contribution in [0.3, 0.4) is 0 Å². The van der Waals surface area contributed by atoms with Crippen LogP contribution in [0.5, 0.6) is 5.75 Å². The molecule has 0 bridgehead atoms. The maximum absolute atomic E-state index is 15.2. The molecular weight excluding hydrogens is 512 g/mol. The molecule has 1 aliphatic rings. The second-order valence-corrected chi connectivity index (χ2v) is 10.9. The fraction of sp³-hybridized carbons (Fsp3) is 0.429. The Morgan fingerprint density at radius 1 is 0.675 bits per heavy atom. The summed E-state index contributed by atoms with van der Waals surface area (Å²) >= 11 is 0. The normalized spacial score (nSPS) is 17.4. The van der Waals surface area contributed by atoms with Crippen molar-refractivity contribution in [3.63, 3.8) is 0 Å². The third-order valence-electron chi connectivity index (χ3n) is 8.10. The van der Waals surface area contributed by atoms with Gasteiger partial charge in [-0.05, 0) is 79.7 Å². The Hall–Kier alpha value is -3.08. The Balaban J connectivity index is 1.42. The molecule has 3 aromatic rings. The van der Waals surface area contributed by atoms with Crippen molar-refractivity contribution >= 4 is 0 Å². The lowest BCUT2D eigenvalue weighted by atomic mass is 9.78. The van der Waals surface area contributed by atoms with Crippen molar-refractivity contribution in [3.05, 3.63) is 89.5 Å². The van der Waals surface area contributed by atoms with E-state index in [4.69, 9.17) is 4.74 Å². The average molecular weight is 553 g/mol. The minimum absolute atomic E-state index is 0.0167. The van der Waals surface area contributed by atoms with Gasteiger partial charge in [-0.1, -0.05) is 87.6 Å². The van der Waals surface area contributed by atoms with Crippen LogP contribution in [0.4, 0.5) is 17.6 Å². The van der Waals surface area contributed by atoms with E-state index in [0.717, 1.165) is 44.9 Å². The van der Waals surface area contributed by atoms with Gasteiger partial charge < -0.3 is 4.74 Å². The van der Waals surface area contributed by atoms with Crippen molar-refractivity contribution in [3.8, 4) is 28.0 Å². The quantitative estimate of drug-likeness (QED) is 0.123. The molecule has 0 unspecified atom stereocenters. The predicted octanol–water partition coefficient (Wildman–Crippen LogP) is 11.2. The van der Waals surface area contributed by atoms with Gasteiger partial charge in [0.25, 0.3) is 0 Å². The molecule has 214 valence electrons. The lowest BCUT2D eigenvalue weighted by molar-refractivity contribution is 0.285. The number of hydrogen-bond donors (Lipinski definition) is 0. The summed E-state index contributed by atoms with van der Waals surface area (Å²) < 4.78 is 65.5. The number of rotatable bonds is 12. The molecule has 0 amide bonds. The van der Waals surface area contributed by atoms with Gasteiger partial charge in [0.05, 0.1) is 6.61 Å². The van der Waals surface area contributed by atoms with Crippen LogP contribution in [0.1, 0.15) is 89.5 Å². The van der Waals surface area contributed by atoms with Gasteiger partial charge in [-0.2, -0.15) is 4.39 Å². The molecule has 1 saturated carbocycles. The third kappa shape index (κ3) is 7.16. The van der Waals surface area contributed by atoms with Crippen LogP contribution in [0.25, 0.3) is 22.3 Å². The van der Waals surface area contributed by atoms with Crippen LogP contribution < -0.4 is 4.74 Å². The van der Waals surface area contributed by atoms with Crippen LogP contribution in [0.2, 0.25) is 0 Å². The fourth-order valence-electron chi connectivity index (χ4n) is 5.76. The molecule has 1 nitrogen and oxygen atoms in total. The zero-order valence-electron chi connectivity index (χ0n) is 23.6. The lowest BCUT2D eigenvalue weighted by Gasteiger charge is -2.27. The molecular formula is C35H40F4O. The first-order valence-corrected chi connectivity index (χ1v) is 14.8. The number of benzene rings is 3. The highest BCUT2D eigenvalue weighted by molar-refractivity contribution is 5.72. The van der Waals surface area contributed by atoms with Gasteiger partial charge >= 0.3 is 0 Å². The number of halogens is 4. The zero-order valence-corrected chi connectivity index (χ0v) is 23.6. The maximum Gasteiger partial charge on any atom is 0.201 e. The Labute approximate surface area is 236 Å². The summed E-state index contributed by atoms with van der Waals surface area (Å²) in [6.45, 7) is 4.51. The van der Waals surface area contributed by atoms with Crippen LogP contribution in [0.15, 0.2) is 60.7 Å². The van der Waals surface area contributed by atoms with E-state index in [1.54, 1.807) is 36.4 Å². The van der Waals surface area contributed by atoms with Gasteiger partial charge in [0.15, 0.2) is 23.2 Å². The van der Waals surface area contributed by atoms with Crippen molar-refractivity contribution in [2.24, 2.45) is 5.92 Å². The van der Waals surface area contributed by atoms with Gasteiger partial charge in [-0.15, -0.1) is 0 Å². The molecule has 40 heavy (non-hydrogen) atoms. The molecule has 4 rings (SSSR count). The Morgan fingerprint density at radius 3 is 1.88 bits per heavy atom. The molecule has 0 radical (unpaired) electrons. The number of hydrogen-bond acceptors (Lipinski definition) is 1. The van der Waals surface area contributed by atoms with E-state index < -0.39 is 23.3 Å². The van der Waals surface area contributed by atoms with E-state index in [1.165, 1.54) is 31.4 Å². The highest BCUT2D eigenvalue weighted by Crippen LogP contribution is 2.39. The van der Waals surface area contributed by atoms with Crippen LogP contribution in [-0.4, -0.2) is 6.61 Å². The summed E-state index contributed by atoms with van der Waals surface area (Å²) in [5.41, 5.74) is 1.60. The molecule has 1 aliphatic carbocycles. The molecule has 0 N–H and O–H groups in total. The number of unbranched alkanes of at least 4 members (excludes halogenated alkanes) is 5. The first-order valence-electron chi connectivity index (χ1n) is 14.8. The number of allylic oxidation sites excluding steroid dienone is 2. The largest absolute Gasteiger partial charge is 0.490 e. The standard InChI is InChI=1S/C35H40F4O/c1-3-5-6-7-8-9-23-40-31-22-21-30(34(38)35(31)39)27-17-15-26(16-18-27)29-20-19-28(32(36)33(29)37)25-13-11-24(10-4-2)12-14-25/h4,10,15-22,24-25H,3,5-9,11-14,23H2,1-2H3/b10-4+. The predicted molar refractivity (Wildman–Crippen MR) is 156 cm³/mol. The van der Waals surface area contributed by atoms with E-state index in [9.17, 15) is 8.78 Å². The minimum atomic E-state index is -1.02. The molecule has 0 aromatic heterocycles. The first kappa shape index (κ1) is 29.9. The van der Waals surface area contributed by atoms with Gasteiger partial charge in [-0.3, -0.25) is 0 Å². The molecule has 0 atom stereocenters. The average Bonchev–Trinajstić information content (AvgIpc) is 2.97. The van der Waals surface area contributed by atoms with E-state index in [0.29, 0.717) is 29.2 Å². The zero-order chi connectivity index (χ0) is 28.5. The van der Waals surface area contributed by atoms with Crippen molar-refractivity contribution < 1.29 is 22.3 Å². The monoisotopic (exact) mass is 552 g/mol. The number of ether oxygens (including phenoxy) is 1. The minimum Gasteiger partial charge on any atom is -0.490 e. The first-order chi connectivity index (χ1) is 19.4. The highest BCUT2D eigenvalue weighted by Gasteiger charge is 2.26. The summed E-state index contributed by atoms with van der Waals surface area (Å²) in [7, 11) is 0. The molecule has 0 aliphatic heterocycles. The molecule has 0 heterocycles. The van der Waals surface area contributed by atoms with Gasteiger partial charge in [0.1, 0.15) is 0 Å². The second-order valence-electron chi connectivity index (χ2n) is 10.9. The molecule has 5 heteroatoms. The Bertz CT molecular complexity index is 1270. The summed E-state index contributed by atoms with van der Waals surface area (Å²) in [5.74, 6) is -3.23. The van der Waals surface area contributed by atoms with Crippen LogP contribution in [-0.2, 0) is 0 Å².